The summed E-state index contributed by atoms with van der Waals surface area (Å²) in [7, 11) is 0. The van der Waals surface area contributed by atoms with Crippen LogP contribution in [0.15, 0.2) is 0 Å². The molecular formula is C18H24F5NO5. The molecule has 1 fully saturated rings. The lowest BCUT2D eigenvalue weighted by Crippen LogP contribution is -2.62. The Hall–Kier alpha value is -1.53. The second kappa shape index (κ2) is 10.5. The summed E-state index contributed by atoms with van der Waals surface area (Å²) in [6.45, 7) is -0.122. The fraction of sp³-hybridized carbons (Fsp3) is 0.667. The van der Waals surface area contributed by atoms with Crippen LogP contribution in [0, 0.1) is 29.1 Å². The van der Waals surface area contributed by atoms with Crippen LogP contribution in [0.3, 0.4) is 0 Å². The first-order chi connectivity index (χ1) is 13.7. The number of nitrogens with zero attached hydrogens (tertiary/aromatic N) is 1. The average Bonchev–Trinajstić information content (AvgIpc) is 2.70. The molecule has 0 saturated carbocycles. The van der Waals surface area contributed by atoms with E-state index in [1.54, 1.807) is 4.90 Å². The zero-order valence-electron chi connectivity index (χ0n) is 15.5. The summed E-state index contributed by atoms with van der Waals surface area (Å²) < 4.78 is 70.8. The van der Waals surface area contributed by atoms with Gasteiger partial charge in [-0.25, -0.2) is 13.2 Å². The van der Waals surface area contributed by atoms with E-state index in [4.69, 9.17) is 4.74 Å². The van der Waals surface area contributed by atoms with E-state index < -0.39 is 59.2 Å². The van der Waals surface area contributed by atoms with E-state index >= 15 is 0 Å². The van der Waals surface area contributed by atoms with Crippen LogP contribution < -0.4 is 4.74 Å². The summed E-state index contributed by atoms with van der Waals surface area (Å²) in [4.78, 5) is 1.66. The number of piperidine rings is 1. The Morgan fingerprint density at radius 3 is 1.93 bits per heavy atom. The first-order valence-corrected chi connectivity index (χ1v) is 9.24. The summed E-state index contributed by atoms with van der Waals surface area (Å²) >= 11 is 0. The van der Waals surface area contributed by atoms with Crippen LogP contribution in [0.4, 0.5) is 22.0 Å². The van der Waals surface area contributed by atoms with E-state index in [2.05, 4.69) is 0 Å². The van der Waals surface area contributed by atoms with Crippen molar-refractivity contribution in [2.24, 2.45) is 0 Å². The molecule has 0 bridgehead atoms. The van der Waals surface area contributed by atoms with Crippen LogP contribution in [0.5, 0.6) is 5.75 Å². The fourth-order valence-electron chi connectivity index (χ4n) is 3.29. The summed E-state index contributed by atoms with van der Waals surface area (Å²) in [5.74, 6) is -11.7. The number of aliphatic hydroxyl groups excluding tert-OH is 4. The number of hydrogen-bond acceptors (Lipinski definition) is 6. The molecule has 1 aromatic carbocycles. The molecule has 4 atom stereocenters. The first-order valence-electron chi connectivity index (χ1n) is 9.24. The van der Waals surface area contributed by atoms with Crippen LogP contribution >= 0.6 is 0 Å². The van der Waals surface area contributed by atoms with Gasteiger partial charge in [0, 0.05) is 6.54 Å². The molecular weight excluding hydrogens is 405 g/mol. The highest BCUT2D eigenvalue weighted by molar-refractivity contribution is 5.29. The molecule has 0 aromatic heterocycles. The second-order valence-electron chi connectivity index (χ2n) is 6.96. The number of ether oxygens (including phenoxy) is 1. The van der Waals surface area contributed by atoms with Gasteiger partial charge in [0.1, 0.15) is 12.2 Å². The molecule has 4 N–H and O–H groups in total. The minimum Gasteiger partial charge on any atom is -0.487 e. The van der Waals surface area contributed by atoms with Crippen LogP contribution in [0.25, 0.3) is 0 Å². The highest BCUT2D eigenvalue weighted by atomic mass is 19.2. The highest BCUT2D eigenvalue weighted by Crippen LogP contribution is 2.29. The Kier molecular flexibility index (Phi) is 8.58. The van der Waals surface area contributed by atoms with E-state index in [1.165, 1.54) is 0 Å². The third-order valence-corrected chi connectivity index (χ3v) is 4.97. The molecule has 1 heterocycles. The first kappa shape index (κ1) is 23.7. The molecule has 11 heteroatoms. The zero-order chi connectivity index (χ0) is 21.7. The predicted molar refractivity (Wildman–Crippen MR) is 90.7 cm³/mol. The molecule has 0 aliphatic carbocycles. The monoisotopic (exact) mass is 429 g/mol. The van der Waals surface area contributed by atoms with Gasteiger partial charge >= 0.3 is 0 Å². The van der Waals surface area contributed by atoms with Crippen molar-refractivity contribution in [3.63, 3.8) is 0 Å². The van der Waals surface area contributed by atoms with Crippen molar-refractivity contribution in [2.45, 2.75) is 50.0 Å². The molecule has 1 saturated heterocycles. The van der Waals surface area contributed by atoms with Gasteiger partial charge in [0.25, 0.3) is 0 Å². The SMILES string of the molecule is OC[C@@H]1[C@@H](O)[C@H](O)[C@@H](O)CN1CCCCCCOc1c(F)c(F)c(F)c(F)c1F. The molecule has 0 radical (unpaired) electrons. The summed E-state index contributed by atoms with van der Waals surface area (Å²) in [6.07, 6.45) is -1.71. The van der Waals surface area contributed by atoms with Crippen molar-refractivity contribution in [2.75, 3.05) is 26.3 Å². The number of rotatable bonds is 9. The van der Waals surface area contributed by atoms with Crippen LogP contribution in [-0.4, -0.2) is 76.0 Å². The fourth-order valence-corrected chi connectivity index (χ4v) is 3.29. The number of aliphatic hydroxyl groups is 4. The van der Waals surface area contributed by atoms with E-state index in [0.717, 1.165) is 0 Å². The van der Waals surface area contributed by atoms with Crippen molar-refractivity contribution in [3.8, 4) is 5.75 Å². The van der Waals surface area contributed by atoms with Gasteiger partial charge in [-0.05, 0) is 19.4 Å². The lowest BCUT2D eigenvalue weighted by Gasteiger charge is -2.43. The Morgan fingerprint density at radius 2 is 1.34 bits per heavy atom. The lowest BCUT2D eigenvalue weighted by molar-refractivity contribution is -0.145. The third kappa shape index (κ3) is 5.34. The van der Waals surface area contributed by atoms with Gasteiger partial charge in [0.05, 0.1) is 25.4 Å². The maximum atomic E-state index is 13.5. The van der Waals surface area contributed by atoms with Gasteiger partial charge < -0.3 is 25.2 Å². The van der Waals surface area contributed by atoms with Crippen LogP contribution in [0.1, 0.15) is 25.7 Å². The number of halogens is 5. The molecule has 1 aromatic rings. The maximum Gasteiger partial charge on any atom is 0.206 e. The lowest BCUT2D eigenvalue weighted by atomic mass is 9.94. The minimum absolute atomic E-state index is 0.0901. The number of benzene rings is 1. The standard InChI is InChI=1S/C18H24F5NO5/c19-11-12(20)14(22)18(15(23)13(11)21)29-6-4-2-1-3-5-24-7-10(26)17(28)16(27)9(24)8-25/h9-10,16-17,25-28H,1-8H2/t9-,10+,16-,17-/m1/s1. The maximum absolute atomic E-state index is 13.5. The largest absolute Gasteiger partial charge is 0.487 e. The number of likely N-dealkylation sites (tertiary alicyclic amines) is 1. The molecule has 1 aliphatic rings. The van der Waals surface area contributed by atoms with Gasteiger partial charge in [-0.15, -0.1) is 0 Å². The van der Waals surface area contributed by atoms with Crippen molar-refractivity contribution < 1.29 is 47.1 Å². The van der Waals surface area contributed by atoms with Gasteiger partial charge in [0.2, 0.25) is 29.1 Å². The molecule has 166 valence electrons. The van der Waals surface area contributed by atoms with E-state index in [1.807, 2.05) is 0 Å². The molecule has 1 aliphatic heterocycles. The van der Waals surface area contributed by atoms with Crippen molar-refractivity contribution in [1.29, 1.82) is 0 Å². The second-order valence-corrected chi connectivity index (χ2v) is 6.96. The Labute approximate surface area is 164 Å². The summed E-state index contributed by atoms with van der Waals surface area (Å²) in [5, 5.41) is 38.6. The normalized spacial score (nSPS) is 25.4. The molecule has 0 amide bonds. The average molecular weight is 429 g/mol. The smallest absolute Gasteiger partial charge is 0.206 e. The van der Waals surface area contributed by atoms with Crippen molar-refractivity contribution in [1.82, 2.24) is 4.90 Å². The Bertz CT molecular complexity index is 666. The van der Waals surface area contributed by atoms with E-state index in [-0.39, 0.29) is 19.8 Å². The zero-order valence-corrected chi connectivity index (χ0v) is 15.5. The molecule has 0 unspecified atom stereocenters. The highest BCUT2D eigenvalue weighted by Gasteiger charge is 2.40. The van der Waals surface area contributed by atoms with E-state index in [0.29, 0.717) is 32.2 Å². The Morgan fingerprint density at radius 1 is 0.793 bits per heavy atom. The Balaban J connectivity index is 1.73. The molecule has 6 nitrogen and oxygen atoms in total. The van der Waals surface area contributed by atoms with E-state index in [9.17, 15) is 42.4 Å². The van der Waals surface area contributed by atoms with Gasteiger partial charge in [-0.1, -0.05) is 12.8 Å². The number of unbranched alkanes of at least 4 members (excludes halogenated alkanes) is 3. The predicted octanol–water partition coefficient (Wildman–Crippen LogP) is 1.08. The van der Waals surface area contributed by atoms with Crippen molar-refractivity contribution >= 4 is 0 Å². The third-order valence-electron chi connectivity index (χ3n) is 4.97. The van der Waals surface area contributed by atoms with Crippen LogP contribution in [-0.2, 0) is 0 Å². The minimum atomic E-state index is -2.24. The van der Waals surface area contributed by atoms with Gasteiger partial charge in [-0.2, -0.15) is 8.78 Å². The van der Waals surface area contributed by atoms with Gasteiger partial charge in [-0.3, -0.25) is 4.90 Å². The molecule has 29 heavy (non-hydrogen) atoms. The van der Waals surface area contributed by atoms with Crippen LogP contribution in [0.2, 0.25) is 0 Å². The summed E-state index contributed by atoms with van der Waals surface area (Å²) in [5.41, 5.74) is 0. The van der Waals surface area contributed by atoms with Gasteiger partial charge in [0.15, 0.2) is 5.75 Å². The molecule has 0 spiro atoms. The molecule has 2 rings (SSSR count). The topological polar surface area (TPSA) is 93.4 Å². The number of β-amino-alcohol motifs (C(OH)–C–C–N with tert-alkyl or cyclic N) is 1. The number of hydrogen-bond donors (Lipinski definition) is 4. The quantitative estimate of drug-likeness (QED) is 0.203. The van der Waals surface area contributed by atoms with Crippen molar-refractivity contribution in [3.05, 3.63) is 29.1 Å². The summed E-state index contributed by atoms with van der Waals surface area (Å²) in [6, 6.07) is -0.703.